The van der Waals surface area contributed by atoms with Gasteiger partial charge < -0.3 is 20.3 Å². The summed E-state index contributed by atoms with van der Waals surface area (Å²) in [5.74, 6) is -0.634. The first-order valence-corrected chi connectivity index (χ1v) is 21.5. The molecule has 52 heavy (non-hydrogen) atoms. The Morgan fingerprint density at radius 2 is 1.00 bits per heavy atom. The fourth-order valence-electron chi connectivity index (χ4n) is 6.10. The molecular weight excluding hydrogens is 647 g/mol. The van der Waals surface area contributed by atoms with Crippen LogP contribution in [0.3, 0.4) is 0 Å². The lowest BCUT2D eigenvalue weighted by Gasteiger charge is -2.23. The Kier molecular flexibility index (Phi) is 37.9. The van der Waals surface area contributed by atoms with Crippen LogP contribution in [-0.2, 0) is 14.3 Å². The largest absolute Gasteiger partial charge is 0.458 e. The van der Waals surface area contributed by atoms with E-state index in [9.17, 15) is 19.8 Å². The third kappa shape index (κ3) is 34.6. The van der Waals surface area contributed by atoms with Gasteiger partial charge in [-0.25, -0.2) is 0 Å². The summed E-state index contributed by atoms with van der Waals surface area (Å²) in [7, 11) is 0. The van der Waals surface area contributed by atoms with Crippen LogP contribution in [0, 0.1) is 0 Å². The van der Waals surface area contributed by atoms with Gasteiger partial charge in [0.15, 0.2) is 0 Å². The summed E-state index contributed by atoms with van der Waals surface area (Å²) in [5.41, 5.74) is 0. The number of esters is 1. The number of amides is 1. The van der Waals surface area contributed by atoms with E-state index in [1.165, 1.54) is 83.5 Å². The van der Waals surface area contributed by atoms with Crippen LogP contribution in [0.15, 0.2) is 60.8 Å². The van der Waals surface area contributed by atoms with Crippen molar-refractivity contribution in [3.8, 4) is 0 Å². The molecule has 3 N–H and O–H groups in total. The smallest absolute Gasteiger partial charge is 0.306 e. The van der Waals surface area contributed by atoms with E-state index < -0.39 is 18.2 Å². The van der Waals surface area contributed by atoms with Gasteiger partial charge in [0.25, 0.3) is 0 Å². The number of ether oxygens (including phenoxy) is 1. The predicted octanol–water partition coefficient (Wildman–Crippen LogP) is 12.1. The molecular formula is C46H81NO5. The number of unbranched alkanes of at least 4 members (excludes halogenated alkanes) is 17. The van der Waals surface area contributed by atoms with E-state index in [-0.39, 0.29) is 24.9 Å². The van der Waals surface area contributed by atoms with Gasteiger partial charge in [-0.2, -0.15) is 0 Å². The van der Waals surface area contributed by atoms with Crippen LogP contribution < -0.4 is 5.32 Å². The van der Waals surface area contributed by atoms with E-state index in [2.05, 4.69) is 74.7 Å². The number of nitrogens with one attached hydrogen (secondary N) is 1. The molecule has 6 heteroatoms. The lowest BCUT2D eigenvalue weighted by atomic mass is 10.0. The van der Waals surface area contributed by atoms with Crippen molar-refractivity contribution in [1.82, 2.24) is 5.32 Å². The van der Waals surface area contributed by atoms with Gasteiger partial charge in [-0.05, 0) is 51.0 Å². The molecule has 0 aliphatic heterocycles. The maximum absolute atomic E-state index is 13.0. The Balaban J connectivity index is 4.82. The minimum absolute atomic E-state index is 0.0459. The van der Waals surface area contributed by atoms with Gasteiger partial charge in [0.1, 0.15) is 6.10 Å². The Morgan fingerprint density at radius 3 is 1.46 bits per heavy atom. The zero-order valence-corrected chi connectivity index (χ0v) is 33.9. The van der Waals surface area contributed by atoms with E-state index in [4.69, 9.17) is 4.74 Å². The van der Waals surface area contributed by atoms with Crippen LogP contribution in [0.25, 0.3) is 0 Å². The molecule has 0 heterocycles. The lowest BCUT2D eigenvalue weighted by molar-refractivity contribution is -0.148. The highest BCUT2D eigenvalue weighted by Crippen LogP contribution is 2.15. The van der Waals surface area contributed by atoms with Crippen LogP contribution in [0.5, 0.6) is 0 Å². The fraction of sp³-hybridized carbons (Fsp3) is 0.739. The van der Waals surface area contributed by atoms with Gasteiger partial charge in [0, 0.05) is 6.42 Å². The molecule has 0 spiro atoms. The van der Waals surface area contributed by atoms with Crippen LogP contribution in [0.2, 0.25) is 0 Å². The molecule has 0 fully saturated rings. The standard InChI is InChI=1S/C46H81NO5/c1-4-7-10-13-16-19-21-22-23-24-26-28-31-34-37-42(52-46(51)39-36-33-30-27-20-17-14-11-8-5-2)40-45(50)47-43(41-48)44(49)38-35-32-29-25-18-15-12-9-6-3/h7,10,16,19,22-23,26,28,34,37,42-44,48-49H,4-6,8-9,11-15,17-18,20-21,24-25,27,29-33,35-36,38-41H2,1-3H3,(H,47,50)/b10-7+,19-16+,23-22+,28-26+,37-34+. The summed E-state index contributed by atoms with van der Waals surface area (Å²) in [4.78, 5) is 25.8. The SMILES string of the molecule is CC/C=C/C/C=C/C/C=C/C/C=C/C/C=C/C(CC(=O)NC(CO)C(O)CCCCCCCCCCC)OC(=O)CCCCCCCCCCCC. The molecule has 1 amide bonds. The number of rotatable bonds is 37. The Bertz CT molecular complexity index is 952. The summed E-state index contributed by atoms with van der Waals surface area (Å²) in [6, 6.07) is -0.738. The summed E-state index contributed by atoms with van der Waals surface area (Å²) < 4.78 is 5.77. The number of allylic oxidation sites excluding steroid dienone is 9. The topological polar surface area (TPSA) is 95.9 Å². The van der Waals surface area contributed by atoms with Gasteiger partial charge in [0.2, 0.25) is 5.91 Å². The molecule has 0 saturated heterocycles. The summed E-state index contributed by atoms with van der Waals surface area (Å²) in [6.07, 6.45) is 47.4. The van der Waals surface area contributed by atoms with Crippen molar-refractivity contribution >= 4 is 11.9 Å². The van der Waals surface area contributed by atoms with Crippen LogP contribution in [0.4, 0.5) is 0 Å². The third-order valence-corrected chi connectivity index (χ3v) is 9.36. The average molecular weight is 728 g/mol. The highest BCUT2D eigenvalue weighted by Gasteiger charge is 2.23. The van der Waals surface area contributed by atoms with Crippen molar-refractivity contribution < 1.29 is 24.5 Å². The van der Waals surface area contributed by atoms with E-state index in [1.54, 1.807) is 6.08 Å². The molecule has 0 rings (SSSR count). The van der Waals surface area contributed by atoms with Gasteiger partial charge in [-0.3, -0.25) is 9.59 Å². The number of aliphatic hydroxyl groups excluding tert-OH is 2. The van der Waals surface area contributed by atoms with Crippen LogP contribution in [0.1, 0.15) is 194 Å². The van der Waals surface area contributed by atoms with Crippen LogP contribution in [-0.4, -0.2) is 46.9 Å². The molecule has 0 radical (unpaired) electrons. The van der Waals surface area contributed by atoms with Gasteiger partial charge in [-0.15, -0.1) is 0 Å². The molecule has 0 bridgehead atoms. The second-order valence-corrected chi connectivity index (χ2v) is 14.4. The van der Waals surface area contributed by atoms with Gasteiger partial charge in [0.05, 0.1) is 25.2 Å². The van der Waals surface area contributed by atoms with E-state index in [0.29, 0.717) is 19.3 Å². The number of hydrogen-bond acceptors (Lipinski definition) is 5. The molecule has 0 aliphatic carbocycles. The first-order valence-electron chi connectivity index (χ1n) is 21.5. The highest BCUT2D eigenvalue weighted by molar-refractivity contribution is 5.78. The molecule has 0 aliphatic rings. The van der Waals surface area contributed by atoms with Crippen molar-refractivity contribution in [3.63, 3.8) is 0 Å². The van der Waals surface area contributed by atoms with Crippen molar-refractivity contribution in [2.45, 2.75) is 212 Å². The monoisotopic (exact) mass is 728 g/mol. The van der Waals surface area contributed by atoms with Gasteiger partial charge >= 0.3 is 5.97 Å². The Labute approximate surface area is 320 Å². The second kappa shape index (κ2) is 39.8. The zero-order valence-electron chi connectivity index (χ0n) is 33.9. The fourth-order valence-corrected chi connectivity index (χ4v) is 6.10. The molecule has 3 unspecified atom stereocenters. The molecule has 0 aromatic carbocycles. The third-order valence-electron chi connectivity index (χ3n) is 9.36. The molecule has 0 saturated carbocycles. The zero-order chi connectivity index (χ0) is 38.2. The Hall–Kier alpha value is -2.44. The van der Waals surface area contributed by atoms with E-state index in [1.807, 2.05) is 6.08 Å². The first-order chi connectivity index (χ1) is 25.5. The number of aliphatic hydroxyl groups is 2. The van der Waals surface area contributed by atoms with E-state index in [0.717, 1.165) is 64.2 Å². The molecule has 0 aromatic heterocycles. The molecule has 0 aromatic rings. The quantitative estimate of drug-likeness (QED) is 0.0336. The van der Waals surface area contributed by atoms with Gasteiger partial charge in [-0.1, -0.05) is 191 Å². The van der Waals surface area contributed by atoms with Crippen molar-refractivity contribution in [2.75, 3.05) is 6.61 Å². The minimum Gasteiger partial charge on any atom is -0.458 e. The second-order valence-electron chi connectivity index (χ2n) is 14.4. The summed E-state index contributed by atoms with van der Waals surface area (Å²) in [5, 5.41) is 23.5. The maximum atomic E-state index is 13.0. The molecule has 3 atom stereocenters. The van der Waals surface area contributed by atoms with Crippen LogP contribution >= 0.6 is 0 Å². The summed E-state index contributed by atoms with van der Waals surface area (Å²) >= 11 is 0. The minimum atomic E-state index is -0.815. The number of carbonyl (C=O) groups excluding carboxylic acids is 2. The van der Waals surface area contributed by atoms with Crippen molar-refractivity contribution in [1.29, 1.82) is 0 Å². The maximum Gasteiger partial charge on any atom is 0.306 e. The molecule has 300 valence electrons. The average Bonchev–Trinajstić information content (AvgIpc) is 3.13. The first kappa shape index (κ1) is 49.6. The molecule has 6 nitrogen and oxygen atoms in total. The Morgan fingerprint density at radius 1 is 0.577 bits per heavy atom. The number of carbonyl (C=O) groups is 2. The normalized spacial score (nSPS) is 14.0. The lowest BCUT2D eigenvalue weighted by Crippen LogP contribution is -2.46. The van der Waals surface area contributed by atoms with E-state index >= 15 is 0 Å². The highest BCUT2D eigenvalue weighted by atomic mass is 16.5. The van der Waals surface area contributed by atoms with Crippen molar-refractivity contribution in [3.05, 3.63) is 60.8 Å². The summed E-state index contributed by atoms with van der Waals surface area (Å²) in [6.45, 7) is 6.27. The number of hydrogen-bond donors (Lipinski definition) is 3. The predicted molar refractivity (Wildman–Crippen MR) is 222 cm³/mol. The van der Waals surface area contributed by atoms with Crippen molar-refractivity contribution in [2.24, 2.45) is 0 Å².